The van der Waals surface area contributed by atoms with E-state index >= 15 is 0 Å². The van der Waals surface area contributed by atoms with Gasteiger partial charge in [0.25, 0.3) is 0 Å². The summed E-state index contributed by atoms with van der Waals surface area (Å²) in [6.45, 7) is 7.95. The van der Waals surface area contributed by atoms with Crippen molar-refractivity contribution in [2.75, 3.05) is 40.3 Å². The smallest absolute Gasteiger partial charge is 0.191 e. The standard InChI is InChI=1S/C22H37N5/c1-18-15-21(17-27(18)16-20-7-5-4-6-8-20)25-22(23-2)24-12-9-19-10-13-26(3)14-11-19/h4-8,18-19,21H,9-17H2,1-3H3,(H2,23,24,25). The van der Waals surface area contributed by atoms with Crippen molar-refractivity contribution in [2.24, 2.45) is 10.9 Å². The summed E-state index contributed by atoms with van der Waals surface area (Å²) in [6.07, 6.45) is 5.08. The minimum Gasteiger partial charge on any atom is -0.356 e. The van der Waals surface area contributed by atoms with E-state index in [2.05, 4.69) is 69.7 Å². The van der Waals surface area contributed by atoms with Gasteiger partial charge in [-0.2, -0.15) is 0 Å². The van der Waals surface area contributed by atoms with E-state index in [9.17, 15) is 0 Å². The van der Waals surface area contributed by atoms with Crippen molar-refractivity contribution in [1.82, 2.24) is 20.4 Å². The van der Waals surface area contributed by atoms with Crippen molar-refractivity contribution >= 4 is 5.96 Å². The van der Waals surface area contributed by atoms with Gasteiger partial charge in [-0.1, -0.05) is 30.3 Å². The zero-order valence-corrected chi connectivity index (χ0v) is 17.3. The van der Waals surface area contributed by atoms with Crippen molar-refractivity contribution in [3.05, 3.63) is 35.9 Å². The predicted octanol–water partition coefficient (Wildman–Crippen LogP) is 2.55. The first-order valence-electron chi connectivity index (χ1n) is 10.6. The molecule has 2 atom stereocenters. The Labute approximate surface area is 165 Å². The van der Waals surface area contributed by atoms with Gasteiger partial charge in [-0.25, -0.2) is 0 Å². The topological polar surface area (TPSA) is 42.9 Å². The normalized spacial score (nSPS) is 25.7. The summed E-state index contributed by atoms with van der Waals surface area (Å²) in [4.78, 5) is 9.45. The fourth-order valence-electron chi connectivity index (χ4n) is 4.37. The Hall–Kier alpha value is -1.59. The first-order chi connectivity index (χ1) is 13.1. The predicted molar refractivity (Wildman–Crippen MR) is 114 cm³/mol. The highest BCUT2D eigenvalue weighted by Crippen LogP contribution is 2.20. The lowest BCUT2D eigenvalue weighted by molar-refractivity contribution is 0.213. The molecule has 27 heavy (non-hydrogen) atoms. The number of guanidine groups is 1. The maximum Gasteiger partial charge on any atom is 0.191 e. The molecule has 0 bridgehead atoms. The van der Waals surface area contributed by atoms with Gasteiger partial charge in [0, 0.05) is 38.8 Å². The number of aliphatic imine (C=N–C) groups is 1. The van der Waals surface area contributed by atoms with Gasteiger partial charge in [0.2, 0.25) is 0 Å². The molecule has 2 fully saturated rings. The van der Waals surface area contributed by atoms with Gasteiger partial charge in [-0.05, 0) is 64.2 Å². The number of hydrogen-bond donors (Lipinski definition) is 2. The van der Waals surface area contributed by atoms with Crippen LogP contribution in [0.5, 0.6) is 0 Å². The zero-order chi connectivity index (χ0) is 19.1. The van der Waals surface area contributed by atoms with Gasteiger partial charge in [0.15, 0.2) is 5.96 Å². The quantitative estimate of drug-likeness (QED) is 0.596. The largest absolute Gasteiger partial charge is 0.356 e. The number of rotatable bonds is 6. The summed E-state index contributed by atoms with van der Waals surface area (Å²) < 4.78 is 0. The van der Waals surface area contributed by atoms with E-state index in [0.29, 0.717) is 12.1 Å². The summed E-state index contributed by atoms with van der Waals surface area (Å²) >= 11 is 0. The highest BCUT2D eigenvalue weighted by Gasteiger charge is 2.29. The SMILES string of the molecule is CN=C(NCCC1CCN(C)CC1)NC1CC(C)N(Cc2ccccc2)C1. The van der Waals surface area contributed by atoms with Crippen LogP contribution in [0.4, 0.5) is 0 Å². The van der Waals surface area contributed by atoms with E-state index in [1.54, 1.807) is 0 Å². The minimum atomic E-state index is 0.471. The molecule has 0 radical (unpaired) electrons. The van der Waals surface area contributed by atoms with E-state index in [0.717, 1.165) is 31.5 Å². The van der Waals surface area contributed by atoms with Crippen molar-refractivity contribution in [1.29, 1.82) is 0 Å². The average Bonchev–Trinajstić information content (AvgIpc) is 3.02. The lowest BCUT2D eigenvalue weighted by Gasteiger charge is -2.29. The van der Waals surface area contributed by atoms with Crippen LogP contribution in [0.15, 0.2) is 35.3 Å². The summed E-state index contributed by atoms with van der Waals surface area (Å²) in [7, 11) is 4.11. The lowest BCUT2D eigenvalue weighted by Crippen LogP contribution is -2.45. The van der Waals surface area contributed by atoms with Crippen molar-refractivity contribution in [3.8, 4) is 0 Å². The zero-order valence-electron chi connectivity index (χ0n) is 17.3. The van der Waals surface area contributed by atoms with E-state index in [-0.39, 0.29) is 0 Å². The maximum atomic E-state index is 4.45. The van der Waals surface area contributed by atoms with Crippen LogP contribution in [0.1, 0.15) is 38.2 Å². The molecule has 0 saturated carbocycles. The summed E-state index contributed by atoms with van der Waals surface area (Å²) in [5, 5.41) is 7.19. The number of nitrogens with zero attached hydrogens (tertiary/aromatic N) is 3. The Morgan fingerprint density at radius 1 is 1.19 bits per heavy atom. The van der Waals surface area contributed by atoms with E-state index < -0.39 is 0 Å². The van der Waals surface area contributed by atoms with Crippen LogP contribution < -0.4 is 10.6 Å². The first-order valence-corrected chi connectivity index (χ1v) is 10.6. The maximum absolute atomic E-state index is 4.45. The van der Waals surface area contributed by atoms with E-state index in [1.165, 1.54) is 44.3 Å². The number of piperidine rings is 1. The second-order valence-corrected chi connectivity index (χ2v) is 8.38. The van der Waals surface area contributed by atoms with Crippen molar-refractivity contribution < 1.29 is 0 Å². The molecule has 1 aromatic carbocycles. The fraction of sp³-hybridized carbons (Fsp3) is 0.682. The molecule has 2 saturated heterocycles. The van der Waals surface area contributed by atoms with Crippen LogP contribution in [-0.4, -0.2) is 68.1 Å². The fourth-order valence-corrected chi connectivity index (χ4v) is 4.37. The molecule has 3 rings (SSSR count). The van der Waals surface area contributed by atoms with Gasteiger partial charge in [-0.3, -0.25) is 9.89 Å². The average molecular weight is 372 g/mol. The Morgan fingerprint density at radius 2 is 1.93 bits per heavy atom. The molecule has 0 aliphatic carbocycles. The van der Waals surface area contributed by atoms with Crippen LogP contribution in [0.3, 0.4) is 0 Å². The molecule has 2 heterocycles. The third kappa shape index (κ3) is 6.22. The molecule has 0 aromatic heterocycles. The molecular weight excluding hydrogens is 334 g/mol. The first kappa shape index (κ1) is 20.2. The van der Waals surface area contributed by atoms with Gasteiger partial charge >= 0.3 is 0 Å². The van der Waals surface area contributed by atoms with Gasteiger partial charge in [0.1, 0.15) is 0 Å². The Balaban J connectivity index is 1.39. The highest BCUT2D eigenvalue weighted by molar-refractivity contribution is 5.80. The third-order valence-electron chi connectivity index (χ3n) is 6.18. The Bertz CT molecular complexity index is 580. The van der Waals surface area contributed by atoms with E-state index in [1.807, 2.05) is 7.05 Å². The van der Waals surface area contributed by atoms with E-state index in [4.69, 9.17) is 0 Å². The summed E-state index contributed by atoms with van der Waals surface area (Å²) in [6, 6.07) is 11.8. The molecular formula is C22H37N5. The molecule has 5 nitrogen and oxygen atoms in total. The van der Waals surface area contributed by atoms with Crippen LogP contribution in [0.2, 0.25) is 0 Å². The Morgan fingerprint density at radius 3 is 2.63 bits per heavy atom. The number of benzene rings is 1. The Kier molecular flexibility index (Phi) is 7.53. The number of nitrogens with one attached hydrogen (secondary N) is 2. The second kappa shape index (κ2) is 10.1. The molecule has 5 heteroatoms. The molecule has 1 aromatic rings. The van der Waals surface area contributed by atoms with Gasteiger partial charge in [-0.15, -0.1) is 0 Å². The molecule has 150 valence electrons. The van der Waals surface area contributed by atoms with Gasteiger partial charge in [0.05, 0.1) is 0 Å². The summed E-state index contributed by atoms with van der Waals surface area (Å²) in [5.74, 6) is 1.82. The summed E-state index contributed by atoms with van der Waals surface area (Å²) in [5.41, 5.74) is 1.39. The molecule has 2 aliphatic rings. The van der Waals surface area contributed by atoms with Gasteiger partial charge < -0.3 is 15.5 Å². The number of likely N-dealkylation sites (tertiary alicyclic amines) is 2. The van der Waals surface area contributed by atoms with Crippen LogP contribution in [0.25, 0.3) is 0 Å². The molecule has 0 spiro atoms. The lowest BCUT2D eigenvalue weighted by atomic mass is 9.94. The monoisotopic (exact) mass is 371 g/mol. The number of hydrogen-bond acceptors (Lipinski definition) is 3. The second-order valence-electron chi connectivity index (χ2n) is 8.38. The molecule has 2 unspecified atom stereocenters. The van der Waals surface area contributed by atoms with Crippen LogP contribution in [-0.2, 0) is 6.54 Å². The highest BCUT2D eigenvalue weighted by atomic mass is 15.3. The van der Waals surface area contributed by atoms with Crippen molar-refractivity contribution in [3.63, 3.8) is 0 Å². The molecule has 0 amide bonds. The molecule has 2 aliphatic heterocycles. The van der Waals surface area contributed by atoms with Crippen molar-refractivity contribution in [2.45, 2.75) is 51.2 Å². The van der Waals surface area contributed by atoms with Crippen LogP contribution >= 0.6 is 0 Å². The third-order valence-corrected chi connectivity index (χ3v) is 6.18. The van der Waals surface area contributed by atoms with Crippen LogP contribution in [0, 0.1) is 5.92 Å². The minimum absolute atomic E-state index is 0.471. The molecule has 2 N–H and O–H groups in total.